The molecule has 0 unspecified atom stereocenters. The number of ether oxygens (including phenoxy) is 2. The highest BCUT2D eigenvalue weighted by Gasteiger charge is 2.42. The number of fused-ring (bicyclic) bond motifs is 4. The van der Waals surface area contributed by atoms with Crippen LogP contribution in [-0.2, 0) is 28.9 Å². The first-order chi connectivity index (χ1) is 17.0. The maximum Gasteiger partial charge on any atom is 0.229 e. The summed E-state index contributed by atoms with van der Waals surface area (Å²) in [5.74, 6) is 1.78. The minimum absolute atomic E-state index is 0.117. The van der Waals surface area contributed by atoms with Crippen LogP contribution in [0.2, 0.25) is 0 Å². The van der Waals surface area contributed by atoms with Crippen molar-refractivity contribution >= 4 is 45.2 Å². The Kier molecular flexibility index (Phi) is 5.49. The highest BCUT2D eigenvalue weighted by atomic mass is 32.1. The molecule has 0 bridgehead atoms. The number of rotatable bonds is 4. The molecule has 8 nitrogen and oxygen atoms in total. The van der Waals surface area contributed by atoms with Crippen LogP contribution in [-0.4, -0.2) is 59.9 Å². The molecule has 2 aliphatic heterocycles. The molecule has 1 N–H and O–H groups in total. The number of morpholine rings is 1. The van der Waals surface area contributed by atoms with Gasteiger partial charge in [-0.05, 0) is 55.0 Å². The van der Waals surface area contributed by atoms with Crippen LogP contribution < -0.4 is 10.1 Å². The first-order valence-electron chi connectivity index (χ1n) is 12.1. The van der Waals surface area contributed by atoms with Gasteiger partial charge in [-0.25, -0.2) is 9.97 Å². The van der Waals surface area contributed by atoms with E-state index < -0.39 is 5.41 Å². The number of anilines is 2. The average Bonchev–Trinajstić information content (AvgIpc) is 3.47. The molecule has 9 heteroatoms. The van der Waals surface area contributed by atoms with Crippen LogP contribution in [0.15, 0.2) is 23.5 Å². The second kappa shape index (κ2) is 8.57. The minimum atomic E-state index is -0.414. The van der Waals surface area contributed by atoms with Crippen molar-refractivity contribution in [3.05, 3.63) is 40.0 Å². The zero-order valence-electron chi connectivity index (χ0n) is 20.3. The number of carbonyl (C=O) groups excluding carboxylic acids is 1. The van der Waals surface area contributed by atoms with Crippen molar-refractivity contribution in [3.63, 3.8) is 0 Å². The number of aromatic nitrogens is 2. The number of hydrogen-bond donors (Lipinski definition) is 1. The van der Waals surface area contributed by atoms with Crippen LogP contribution in [0.3, 0.4) is 0 Å². The molecule has 0 saturated carbocycles. The number of methoxy groups -OCH3 is 1. The Morgan fingerprint density at radius 2 is 2.23 bits per heavy atom. The zero-order valence-corrected chi connectivity index (χ0v) is 21.1. The Morgan fingerprint density at radius 3 is 3.06 bits per heavy atom. The van der Waals surface area contributed by atoms with E-state index in [1.165, 1.54) is 10.4 Å². The highest BCUT2D eigenvalue weighted by molar-refractivity contribution is 7.19. The molecule has 0 spiro atoms. The summed E-state index contributed by atoms with van der Waals surface area (Å²) in [5.41, 5.74) is 3.96. The predicted molar refractivity (Wildman–Crippen MR) is 137 cm³/mol. The molecule has 1 aromatic carbocycles. The van der Waals surface area contributed by atoms with E-state index in [0.29, 0.717) is 26.3 Å². The zero-order chi connectivity index (χ0) is 24.2. The number of nitrogens with one attached hydrogen (secondary N) is 1. The summed E-state index contributed by atoms with van der Waals surface area (Å²) in [6.07, 6.45) is 5.86. The smallest absolute Gasteiger partial charge is 0.229 e. The summed E-state index contributed by atoms with van der Waals surface area (Å²) < 4.78 is 11.2. The van der Waals surface area contributed by atoms with Crippen LogP contribution >= 0.6 is 11.3 Å². The first kappa shape index (κ1) is 22.4. The Bertz CT molecular complexity index is 1350. The van der Waals surface area contributed by atoms with Crippen molar-refractivity contribution in [1.29, 1.82) is 0 Å². The Hall–Kier alpha value is -3.04. The summed E-state index contributed by atoms with van der Waals surface area (Å²) in [4.78, 5) is 31.4. The average molecular weight is 492 g/mol. The molecular formula is C26H29N5O3S. The van der Waals surface area contributed by atoms with E-state index in [1.54, 1.807) is 24.8 Å². The molecule has 35 heavy (non-hydrogen) atoms. The van der Waals surface area contributed by atoms with Gasteiger partial charge in [0.2, 0.25) is 5.91 Å². The lowest BCUT2D eigenvalue weighted by Crippen LogP contribution is -2.53. The fourth-order valence-corrected chi connectivity index (χ4v) is 6.85. The molecule has 2 aromatic heterocycles. The number of aryl methyl sites for hydroxylation is 1. The molecule has 0 radical (unpaired) electrons. The molecule has 4 heterocycles. The van der Waals surface area contributed by atoms with Crippen molar-refractivity contribution in [2.45, 2.75) is 45.7 Å². The fraction of sp³-hybridized carbons (Fsp3) is 0.462. The number of benzene rings is 1. The number of amides is 1. The van der Waals surface area contributed by atoms with Gasteiger partial charge in [0.15, 0.2) is 0 Å². The topological polar surface area (TPSA) is 88.9 Å². The molecule has 1 aliphatic carbocycles. The summed E-state index contributed by atoms with van der Waals surface area (Å²) in [7, 11) is 1.68. The van der Waals surface area contributed by atoms with Crippen LogP contribution in [0.25, 0.3) is 10.2 Å². The summed E-state index contributed by atoms with van der Waals surface area (Å²) in [5, 5.41) is 4.57. The third kappa shape index (κ3) is 3.77. The number of carbonyl (C=O) groups is 1. The van der Waals surface area contributed by atoms with E-state index >= 15 is 0 Å². The van der Waals surface area contributed by atoms with Gasteiger partial charge in [-0.1, -0.05) is 6.92 Å². The van der Waals surface area contributed by atoms with E-state index in [4.69, 9.17) is 9.47 Å². The van der Waals surface area contributed by atoms with Crippen LogP contribution in [0.5, 0.6) is 5.75 Å². The van der Waals surface area contributed by atoms with Crippen LogP contribution in [0.4, 0.5) is 11.5 Å². The lowest BCUT2D eigenvalue weighted by Gasteiger charge is -2.41. The lowest BCUT2D eigenvalue weighted by molar-refractivity contribution is -0.150. The number of aliphatic imine (C=N–C) groups is 1. The van der Waals surface area contributed by atoms with Crippen LogP contribution in [0, 0.1) is 5.41 Å². The molecule has 2 atom stereocenters. The van der Waals surface area contributed by atoms with Gasteiger partial charge in [-0.15, -0.1) is 11.3 Å². The van der Waals surface area contributed by atoms with Gasteiger partial charge in [0.25, 0.3) is 0 Å². The molecule has 3 aromatic rings. The molecule has 3 aliphatic rings. The summed E-state index contributed by atoms with van der Waals surface area (Å²) >= 11 is 1.68. The van der Waals surface area contributed by atoms with E-state index in [9.17, 15) is 4.79 Å². The monoisotopic (exact) mass is 491 g/mol. The summed E-state index contributed by atoms with van der Waals surface area (Å²) in [6.45, 7) is 6.76. The van der Waals surface area contributed by atoms with Crippen molar-refractivity contribution in [2.75, 3.05) is 32.2 Å². The maximum absolute atomic E-state index is 13.6. The molecule has 1 amide bonds. The van der Waals surface area contributed by atoms with Crippen molar-refractivity contribution in [1.82, 2.24) is 14.9 Å². The third-order valence-corrected chi connectivity index (χ3v) is 8.64. The van der Waals surface area contributed by atoms with E-state index in [1.807, 2.05) is 17.2 Å². The van der Waals surface area contributed by atoms with Gasteiger partial charge < -0.3 is 19.7 Å². The third-order valence-electron chi connectivity index (χ3n) is 7.50. The van der Waals surface area contributed by atoms with Crippen LogP contribution in [0.1, 0.15) is 41.8 Å². The van der Waals surface area contributed by atoms with Gasteiger partial charge in [0, 0.05) is 17.6 Å². The fourth-order valence-electron chi connectivity index (χ4n) is 5.47. The first-order valence-corrected chi connectivity index (χ1v) is 12.9. The SMILES string of the molecule is COc1cc2c(cc1Nc1ncnc3sc4c(c13)CC[C@](C)(C(=O)N1CCOC[C@H]1C)C4)C=NC2. The highest BCUT2D eigenvalue weighted by Crippen LogP contribution is 2.46. The molecule has 1 saturated heterocycles. The van der Waals surface area contributed by atoms with Crippen molar-refractivity contribution in [3.8, 4) is 5.75 Å². The number of nitrogens with zero attached hydrogens (tertiary/aromatic N) is 4. The lowest BCUT2D eigenvalue weighted by atomic mass is 9.74. The normalized spacial score (nSPS) is 23.3. The Balaban J connectivity index is 1.34. The van der Waals surface area contributed by atoms with Crippen molar-refractivity contribution in [2.24, 2.45) is 10.4 Å². The summed E-state index contributed by atoms with van der Waals surface area (Å²) in [6, 6.07) is 4.22. The maximum atomic E-state index is 13.6. The standard InChI is InChI=1S/C26H29N5O3S/c1-15-13-34-7-6-31(15)25(32)26(2)5-4-18-21(10-26)35-24-22(18)23(28-14-29-24)30-19-8-16-11-27-12-17(16)9-20(19)33-3/h8-9,11,14-15H,4-7,10,12-13H2,1-3H3,(H,28,29,30)/t15-,26+/m1/s1. The van der Waals surface area contributed by atoms with Gasteiger partial charge in [-0.2, -0.15) is 0 Å². The van der Waals surface area contributed by atoms with E-state index in [2.05, 4.69) is 40.2 Å². The van der Waals surface area contributed by atoms with Gasteiger partial charge >= 0.3 is 0 Å². The second-order valence-corrected chi connectivity index (χ2v) is 11.0. The molecule has 6 rings (SSSR count). The Labute approximate surface area is 208 Å². The molecule has 182 valence electrons. The van der Waals surface area contributed by atoms with E-state index in [0.717, 1.165) is 57.9 Å². The van der Waals surface area contributed by atoms with Gasteiger partial charge in [0.05, 0.1) is 49.4 Å². The number of hydrogen-bond acceptors (Lipinski definition) is 8. The number of thiophene rings is 1. The van der Waals surface area contributed by atoms with E-state index in [-0.39, 0.29) is 11.9 Å². The predicted octanol–water partition coefficient (Wildman–Crippen LogP) is 4.12. The minimum Gasteiger partial charge on any atom is -0.495 e. The quantitative estimate of drug-likeness (QED) is 0.591. The van der Waals surface area contributed by atoms with Gasteiger partial charge in [0.1, 0.15) is 22.7 Å². The van der Waals surface area contributed by atoms with Crippen molar-refractivity contribution < 1.29 is 14.3 Å². The molecular weight excluding hydrogens is 462 g/mol. The largest absolute Gasteiger partial charge is 0.495 e. The van der Waals surface area contributed by atoms with Gasteiger partial charge in [-0.3, -0.25) is 9.79 Å². The molecule has 1 fully saturated rings. The Morgan fingerprint density at radius 1 is 1.34 bits per heavy atom. The second-order valence-electron chi connectivity index (χ2n) is 9.91.